The van der Waals surface area contributed by atoms with Crippen molar-refractivity contribution in [3.05, 3.63) is 28.3 Å². The van der Waals surface area contributed by atoms with Gasteiger partial charge in [-0.3, -0.25) is 4.79 Å². The minimum Gasteiger partial charge on any atom is -0.416 e. The fourth-order valence-corrected chi connectivity index (χ4v) is 5.43. The molecular weight excluding hydrogens is 370 g/mol. The lowest BCUT2D eigenvalue weighted by Gasteiger charge is -2.02. The maximum Gasteiger partial charge on any atom is 0.277 e. The quantitative estimate of drug-likeness (QED) is 0.718. The molecule has 2 aromatic heterocycles. The van der Waals surface area contributed by atoms with E-state index >= 15 is 0 Å². The molecule has 24 heavy (non-hydrogen) atoms. The average molecular weight is 388 g/mol. The first kappa shape index (κ1) is 17.4. The van der Waals surface area contributed by atoms with Crippen molar-refractivity contribution in [3.8, 4) is 0 Å². The molecule has 3 heterocycles. The Labute approximate surface area is 148 Å². The first-order chi connectivity index (χ1) is 11.5. The lowest BCUT2D eigenvalue weighted by atomic mass is 10.1. The molecule has 1 saturated heterocycles. The van der Waals surface area contributed by atoms with E-state index in [1.807, 2.05) is 17.5 Å². The number of thioether (sulfide) groups is 1. The van der Waals surface area contributed by atoms with Gasteiger partial charge in [0.2, 0.25) is 11.8 Å². The SMILES string of the molecule is O=C(CSc1nnc(C2CCS(=O)(=O)C2)o1)NCCc1cccs1. The summed E-state index contributed by atoms with van der Waals surface area (Å²) in [6, 6.07) is 4.02. The molecule has 7 nitrogen and oxygen atoms in total. The van der Waals surface area contributed by atoms with E-state index in [9.17, 15) is 13.2 Å². The third-order valence-corrected chi connectivity index (χ3v) is 7.13. The van der Waals surface area contributed by atoms with Gasteiger partial charge in [0.1, 0.15) is 0 Å². The van der Waals surface area contributed by atoms with Crippen LogP contribution >= 0.6 is 23.1 Å². The highest BCUT2D eigenvalue weighted by Crippen LogP contribution is 2.29. The lowest BCUT2D eigenvalue weighted by molar-refractivity contribution is -0.118. The van der Waals surface area contributed by atoms with Crippen LogP contribution in [0.4, 0.5) is 0 Å². The summed E-state index contributed by atoms with van der Waals surface area (Å²) in [7, 11) is -2.99. The Balaban J connectivity index is 1.41. The number of thiophene rings is 1. The van der Waals surface area contributed by atoms with Gasteiger partial charge in [0, 0.05) is 11.4 Å². The maximum atomic E-state index is 11.8. The molecule has 0 bridgehead atoms. The summed E-state index contributed by atoms with van der Waals surface area (Å²) >= 11 is 2.82. The number of carbonyl (C=O) groups excluding carboxylic acids is 1. The first-order valence-electron chi connectivity index (χ1n) is 7.47. The molecule has 1 amide bonds. The van der Waals surface area contributed by atoms with Crippen LogP contribution in [0.5, 0.6) is 0 Å². The summed E-state index contributed by atoms with van der Waals surface area (Å²) in [5.41, 5.74) is 0. The van der Waals surface area contributed by atoms with Crippen molar-refractivity contribution in [2.45, 2.75) is 24.0 Å². The largest absolute Gasteiger partial charge is 0.416 e. The molecule has 1 N–H and O–H groups in total. The second-order valence-electron chi connectivity index (χ2n) is 5.47. The van der Waals surface area contributed by atoms with Crippen molar-refractivity contribution >= 4 is 38.8 Å². The molecule has 0 spiro atoms. The molecule has 0 saturated carbocycles. The van der Waals surface area contributed by atoms with Crippen LogP contribution in [0.3, 0.4) is 0 Å². The van der Waals surface area contributed by atoms with Gasteiger partial charge in [-0.15, -0.1) is 21.5 Å². The molecule has 0 aromatic carbocycles. The Morgan fingerprint density at radius 1 is 1.46 bits per heavy atom. The van der Waals surface area contributed by atoms with Gasteiger partial charge in [-0.1, -0.05) is 17.8 Å². The van der Waals surface area contributed by atoms with Crippen LogP contribution in [-0.2, 0) is 21.1 Å². The molecule has 0 aliphatic carbocycles. The van der Waals surface area contributed by atoms with E-state index in [2.05, 4.69) is 15.5 Å². The van der Waals surface area contributed by atoms with Gasteiger partial charge in [0.05, 0.1) is 23.2 Å². The highest BCUT2D eigenvalue weighted by molar-refractivity contribution is 7.99. The molecule has 2 aromatic rings. The lowest BCUT2D eigenvalue weighted by Crippen LogP contribution is -2.27. The number of nitrogens with zero attached hydrogens (tertiary/aromatic N) is 2. The Kier molecular flexibility index (Phi) is 5.57. The van der Waals surface area contributed by atoms with E-state index in [-0.39, 0.29) is 29.1 Å². The highest BCUT2D eigenvalue weighted by atomic mass is 32.2. The zero-order valence-corrected chi connectivity index (χ0v) is 15.3. The number of hydrogen-bond acceptors (Lipinski definition) is 8. The first-order valence-corrected chi connectivity index (χ1v) is 11.2. The van der Waals surface area contributed by atoms with Crippen LogP contribution in [0.15, 0.2) is 27.2 Å². The summed E-state index contributed by atoms with van der Waals surface area (Å²) in [6.07, 6.45) is 1.33. The zero-order valence-electron chi connectivity index (χ0n) is 12.8. The standard InChI is InChI=1S/C14H17N3O4S3/c18-12(15-5-3-11-2-1-6-22-11)8-23-14-17-16-13(21-14)10-4-7-24(19,20)9-10/h1-2,6,10H,3-5,7-9H2,(H,15,18). The molecule has 3 rings (SSSR count). The van der Waals surface area contributed by atoms with Crippen LogP contribution in [-0.4, -0.2) is 48.3 Å². The van der Waals surface area contributed by atoms with E-state index in [0.717, 1.165) is 18.2 Å². The Hall–Kier alpha value is -1.39. The van der Waals surface area contributed by atoms with Crippen LogP contribution in [0.25, 0.3) is 0 Å². The Morgan fingerprint density at radius 2 is 2.33 bits per heavy atom. The minimum atomic E-state index is -2.99. The summed E-state index contributed by atoms with van der Waals surface area (Å²) in [5.74, 6) is 0.431. The summed E-state index contributed by atoms with van der Waals surface area (Å²) in [5, 5.41) is 12.9. The molecule has 0 radical (unpaired) electrons. The number of nitrogens with one attached hydrogen (secondary N) is 1. The second kappa shape index (κ2) is 7.66. The summed E-state index contributed by atoms with van der Waals surface area (Å²) < 4.78 is 28.4. The predicted molar refractivity (Wildman–Crippen MR) is 92.1 cm³/mol. The zero-order chi connectivity index (χ0) is 17.0. The number of hydrogen-bond donors (Lipinski definition) is 1. The number of carbonyl (C=O) groups is 1. The average Bonchev–Trinajstić information content (AvgIpc) is 3.25. The smallest absolute Gasteiger partial charge is 0.277 e. The van der Waals surface area contributed by atoms with Gasteiger partial charge >= 0.3 is 0 Å². The van der Waals surface area contributed by atoms with E-state index < -0.39 is 9.84 Å². The number of sulfone groups is 1. The fourth-order valence-electron chi connectivity index (χ4n) is 2.39. The third-order valence-electron chi connectivity index (χ3n) is 3.60. The predicted octanol–water partition coefficient (Wildman–Crippen LogP) is 1.48. The van der Waals surface area contributed by atoms with Crippen LogP contribution in [0.2, 0.25) is 0 Å². The number of aromatic nitrogens is 2. The van der Waals surface area contributed by atoms with Crippen LogP contribution in [0.1, 0.15) is 23.1 Å². The molecule has 130 valence electrons. The molecule has 1 unspecified atom stereocenters. The van der Waals surface area contributed by atoms with E-state index in [1.165, 1.54) is 4.88 Å². The van der Waals surface area contributed by atoms with Gasteiger partial charge in [-0.25, -0.2) is 8.42 Å². The Morgan fingerprint density at radius 3 is 3.04 bits per heavy atom. The minimum absolute atomic E-state index is 0.0580. The van der Waals surface area contributed by atoms with E-state index in [1.54, 1.807) is 11.3 Å². The van der Waals surface area contributed by atoms with Crippen molar-refractivity contribution in [1.29, 1.82) is 0 Å². The molecule has 1 aliphatic heterocycles. The van der Waals surface area contributed by atoms with Gasteiger partial charge in [-0.2, -0.15) is 0 Å². The van der Waals surface area contributed by atoms with Crippen molar-refractivity contribution in [2.24, 2.45) is 0 Å². The van der Waals surface area contributed by atoms with Gasteiger partial charge < -0.3 is 9.73 Å². The van der Waals surface area contributed by atoms with E-state index in [0.29, 0.717) is 24.1 Å². The molecule has 1 aliphatic rings. The second-order valence-corrected chi connectivity index (χ2v) is 9.66. The maximum absolute atomic E-state index is 11.8. The van der Waals surface area contributed by atoms with Gasteiger partial charge in [-0.05, 0) is 24.3 Å². The molecule has 1 atom stereocenters. The van der Waals surface area contributed by atoms with Crippen molar-refractivity contribution < 1.29 is 17.6 Å². The van der Waals surface area contributed by atoms with E-state index in [4.69, 9.17) is 4.42 Å². The van der Waals surface area contributed by atoms with Crippen molar-refractivity contribution in [3.63, 3.8) is 0 Å². The topological polar surface area (TPSA) is 102 Å². The van der Waals surface area contributed by atoms with Crippen LogP contribution < -0.4 is 5.32 Å². The third kappa shape index (κ3) is 4.81. The van der Waals surface area contributed by atoms with Crippen molar-refractivity contribution in [2.75, 3.05) is 23.8 Å². The monoisotopic (exact) mass is 387 g/mol. The van der Waals surface area contributed by atoms with Crippen LogP contribution in [0, 0.1) is 0 Å². The molecular formula is C14H17N3O4S3. The summed E-state index contributed by atoms with van der Waals surface area (Å²) in [6.45, 7) is 0.592. The highest BCUT2D eigenvalue weighted by Gasteiger charge is 2.32. The fraction of sp³-hybridized carbons (Fsp3) is 0.500. The summed E-state index contributed by atoms with van der Waals surface area (Å²) in [4.78, 5) is 13.0. The Bertz CT molecular complexity index is 786. The number of amides is 1. The normalized spacial score (nSPS) is 19.4. The molecule has 1 fully saturated rings. The van der Waals surface area contributed by atoms with Crippen molar-refractivity contribution in [1.82, 2.24) is 15.5 Å². The number of rotatable bonds is 7. The molecule has 10 heteroatoms. The van der Waals surface area contributed by atoms with Gasteiger partial charge in [0.25, 0.3) is 5.22 Å². The van der Waals surface area contributed by atoms with Gasteiger partial charge in [0.15, 0.2) is 9.84 Å².